The number of aromatic amines is 1. The Balaban J connectivity index is 1.68. The van der Waals surface area contributed by atoms with Gasteiger partial charge in [0.1, 0.15) is 5.65 Å². The maximum Gasteiger partial charge on any atom is 0.137 e. The molecule has 4 nitrogen and oxygen atoms in total. The summed E-state index contributed by atoms with van der Waals surface area (Å²) in [5, 5.41) is 1.15. The first-order valence-corrected chi connectivity index (χ1v) is 6.87. The van der Waals surface area contributed by atoms with Crippen molar-refractivity contribution in [2.75, 3.05) is 0 Å². The third-order valence-electron chi connectivity index (χ3n) is 3.65. The highest BCUT2D eigenvalue weighted by molar-refractivity contribution is 5.92. The van der Waals surface area contributed by atoms with Crippen LogP contribution in [0.3, 0.4) is 0 Å². The third-order valence-corrected chi connectivity index (χ3v) is 3.65. The molecular formula is C17H14N4. The second-order valence-corrected chi connectivity index (χ2v) is 5.03. The summed E-state index contributed by atoms with van der Waals surface area (Å²) in [5.74, 6) is 0. The summed E-state index contributed by atoms with van der Waals surface area (Å²) in [6, 6.07) is 12.8. The minimum Gasteiger partial charge on any atom is -0.346 e. The molecule has 1 aromatic carbocycles. The number of nitrogens with zero attached hydrogens (tertiary/aromatic N) is 3. The number of aromatic nitrogens is 4. The van der Waals surface area contributed by atoms with Gasteiger partial charge in [0.2, 0.25) is 0 Å². The highest BCUT2D eigenvalue weighted by Gasteiger charge is 2.05. The number of hydrogen-bond donors (Lipinski definition) is 1. The number of H-pyrrole nitrogens is 1. The summed E-state index contributed by atoms with van der Waals surface area (Å²) in [5.41, 5.74) is 4.60. The zero-order chi connectivity index (χ0) is 14.1. The Hall–Kier alpha value is -2.88. The lowest BCUT2D eigenvalue weighted by Gasteiger charge is -2.06. The summed E-state index contributed by atoms with van der Waals surface area (Å²) in [7, 11) is 0. The van der Waals surface area contributed by atoms with Gasteiger partial charge in [-0.1, -0.05) is 24.3 Å². The van der Waals surface area contributed by atoms with Gasteiger partial charge in [-0.25, -0.2) is 9.97 Å². The molecule has 3 heterocycles. The van der Waals surface area contributed by atoms with Crippen molar-refractivity contribution in [3.63, 3.8) is 0 Å². The topological polar surface area (TPSA) is 46.5 Å². The van der Waals surface area contributed by atoms with Crippen molar-refractivity contribution in [1.29, 1.82) is 0 Å². The van der Waals surface area contributed by atoms with Crippen LogP contribution in [0, 0.1) is 0 Å². The first-order valence-electron chi connectivity index (χ1n) is 6.87. The molecule has 0 unspecified atom stereocenters. The fourth-order valence-electron chi connectivity index (χ4n) is 2.59. The molecule has 0 saturated carbocycles. The van der Waals surface area contributed by atoms with Crippen molar-refractivity contribution in [1.82, 2.24) is 19.5 Å². The molecule has 0 fully saturated rings. The van der Waals surface area contributed by atoms with Crippen molar-refractivity contribution >= 4 is 11.0 Å². The lowest BCUT2D eigenvalue weighted by molar-refractivity contribution is 0.797. The van der Waals surface area contributed by atoms with E-state index in [0.29, 0.717) is 0 Å². The van der Waals surface area contributed by atoms with Crippen LogP contribution in [0.4, 0.5) is 0 Å². The number of rotatable bonds is 3. The van der Waals surface area contributed by atoms with E-state index in [2.05, 4.69) is 55.9 Å². The van der Waals surface area contributed by atoms with Crippen molar-refractivity contribution < 1.29 is 0 Å². The molecule has 1 N–H and O–H groups in total. The Bertz CT molecular complexity index is 857. The lowest BCUT2D eigenvalue weighted by Crippen LogP contribution is -1.95. The standard InChI is InChI=1S/C17H14N4/c1-3-14(4-2-13(1)11-21-10-9-18-12-21)15-5-7-19-17-16(15)6-8-20-17/h1-10,12H,11H2,(H,19,20). The molecule has 0 aliphatic carbocycles. The predicted octanol–water partition coefficient (Wildman–Crippen LogP) is 3.47. The van der Waals surface area contributed by atoms with E-state index >= 15 is 0 Å². The van der Waals surface area contributed by atoms with Crippen molar-refractivity contribution in [2.24, 2.45) is 0 Å². The van der Waals surface area contributed by atoms with Gasteiger partial charge in [-0.15, -0.1) is 0 Å². The number of imidazole rings is 1. The van der Waals surface area contributed by atoms with Gasteiger partial charge < -0.3 is 9.55 Å². The largest absolute Gasteiger partial charge is 0.346 e. The van der Waals surface area contributed by atoms with Crippen LogP contribution in [0.1, 0.15) is 5.56 Å². The van der Waals surface area contributed by atoms with Crippen LogP contribution in [0.15, 0.2) is 67.5 Å². The Labute approximate surface area is 122 Å². The highest BCUT2D eigenvalue weighted by atomic mass is 15.0. The summed E-state index contributed by atoms with van der Waals surface area (Å²) in [6.45, 7) is 0.843. The van der Waals surface area contributed by atoms with E-state index in [0.717, 1.165) is 17.6 Å². The molecule has 102 valence electrons. The van der Waals surface area contributed by atoms with Gasteiger partial charge >= 0.3 is 0 Å². The molecule has 0 amide bonds. The fourth-order valence-corrected chi connectivity index (χ4v) is 2.59. The maximum atomic E-state index is 4.33. The first-order chi connectivity index (χ1) is 10.4. The minimum atomic E-state index is 0.843. The quantitative estimate of drug-likeness (QED) is 0.621. The molecule has 4 rings (SSSR count). The monoisotopic (exact) mass is 274 g/mol. The lowest BCUT2D eigenvalue weighted by atomic mass is 10.0. The molecule has 0 aliphatic heterocycles. The van der Waals surface area contributed by atoms with E-state index < -0.39 is 0 Å². The van der Waals surface area contributed by atoms with Gasteiger partial charge in [0.05, 0.1) is 6.33 Å². The molecule has 4 heteroatoms. The number of pyridine rings is 1. The van der Waals surface area contributed by atoms with Crippen LogP contribution in [-0.2, 0) is 6.54 Å². The van der Waals surface area contributed by atoms with Crippen LogP contribution in [-0.4, -0.2) is 19.5 Å². The Morgan fingerprint density at radius 1 is 1.00 bits per heavy atom. The zero-order valence-electron chi connectivity index (χ0n) is 11.4. The van der Waals surface area contributed by atoms with E-state index in [1.807, 2.05) is 24.9 Å². The normalized spacial score (nSPS) is 11.0. The van der Waals surface area contributed by atoms with E-state index in [9.17, 15) is 0 Å². The number of benzene rings is 1. The molecule has 0 aliphatic rings. The SMILES string of the molecule is c1cn(Cc2ccc(-c3ccnc4[nH]ccc34)cc2)cn1. The zero-order valence-corrected chi connectivity index (χ0v) is 11.4. The molecular weight excluding hydrogens is 260 g/mol. The van der Waals surface area contributed by atoms with Crippen molar-refractivity contribution in [3.8, 4) is 11.1 Å². The van der Waals surface area contributed by atoms with Crippen LogP contribution < -0.4 is 0 Å². The number of hydrogen-bond acceptors (Lipinski definition) is 2. The van der Waals surface area contributed by atoms with Gasteiger partial charge in [-0.05, 0) is 28.8 Å². The van der Waals surface area contributed by atoms with Crippen LogP contribution in [0.25, 0.3) is 22.2 Å². The van der Waals surface area contributed by atoms with Crippen molar-refractivity contribution in [2.45, 2.75) is 6.54 Å². The minimum absolute atomic E-state index is 0.843. The molecule has 21 heavy (non-hydrogen) atoms. The van der Waals surface area contributed by atoms with Gasteiger partial charge in [-0.2, -0.15) is 0 Å². The van der Waals surface area contributed by atoms with Gasteiger partial charge in [-0.3, -0.25) is 0 Å². The molecule has 4 aromatic rings. The Morgan fingerprint density at radius 2 is 1.90 bits per heavy atom. The summed E-state index contributed by atoms with van der Waals surface area (Å²) < 4.78 is 2.06. The van der Waals surface area contributed by atoms with Gasteiger partial charge in [0.15, 0.2) is 0 Å². The van der Waals surface area contributed by atoms with Crippen LogP contribution in [0.2, 0.25) is 0 Å². The average molecular weight is 274 g/mol. The molecule has 0 radical (unpaired) electrons. The summed E-state index contributed by atoms with van der Waals surface area (Å²) in [4.78, 5) is 11.5. The Morgan fingerprint density at radius 3 is 2.71 bits per heavy atom. The smallest absolute Gasteiger partial charge is 0.137 e. The molecule has 3 aromatic heterocycles. The first kappa shape index (κ1) is 11.9. The second kappa shape index (κ2) is 4.90. The van der Waals surface area contributed by atoms with Crippen LogP contribution >= 0.6 is 0 Å². The summed E-state index contributed by atoms with van der Waals surface area (Å²) >= 11 is 0. The molecule has 0 atom stereocenters. The fraction of sp³-hybridized carbons (Fsp3) is 0.0588. The summed E-state index contributed by atoms with van der Waals surface area (Å²) in [6.07, 6.45) is 9.37. The highest BCUT2D eigenvalue weighted by Crippen LogP contribution is 2.27. The van der Waals surface area contributed by atoms with Gasteiger partial charge in [0.25, 0.3) is 0 Å². The molecule has 0 saturated heterocycles. The van der Waals surface area contributed by atoms with E-state index in [1.54, 1.807) is 6.20 Å². The molecule has 0 bridgehead atoms. The van der Waals surface area contributed by atoms with Crippen LogP contribution in [0.5, 0.6) is 0 Å². The van der Waals surface area contributed by atoms with E-state index in [1.165, 1.54) is 16.7 Å². The molecule has 0 spiro atoms. The Kier molecular flexibility index (Phi) is 2.78. The van der Waals surface area contributed by atoms with Crippen molar-refractivity contribution in [3.05, 3.63) is 73.1 Å². The third kappa shape index (κ3) is 2.21. The maximum absolute atomic E-state index is 4.33. The average Bonchev–Trinajstić information content (AvgIpc) is 3.18. The van der Waals surface area contributed by atoms with Gasteiger partial charge in [0, 0.05) is 36.7 Å². The van der Waals surface area contributed by atoms with E-state index in [-0.39, 0.29) is 0 Å². The predicted molar refractivity (Wildman–Crippen MR) is 82.9 cm³/mol. The number of nitrogens with one attached hydrogen (secondary N) is 1. The second-order valence-electron chi connectivity index (χ2n) is 5.03. The number of fused-ring (bicyclic) bond motifs is 1. The van der Waals surface area contributed by atoms with E-state index in [4.69, 9.17) is 0 Å².